The van der Waals surface area contributed by atoms with Crippen molar-refractivity contribution in [1.29, 1.82) is 0 Å². The lowest BCUT2D eigenvalue weighted by molar-refractivity contribution is -0.120. The van der Waals surface area contributed by atoms with Crippen LogP contribution in [-0.4, -0.2) is 27.0 Å². The second kappa shape index (κ2) is 6.74. The first-order chi connectivity index (χ1) is 10.1. The van der Waals surface area contributed by atoms with E-state index in [1.807, 2.05) is 29.1 Å². The first kappa shape index (κ1) is 14.8. The van der Waals surface area contributed by atoms with Crippen molar-refractivity contribution in [2.45, 2.75) is 26.3 Å². The lowest BCUT2D eigenvalue weighted by Crippen LogP contribution is -2.32. The van der Waals surface area contributed by atoms with E-state index >= 15 is 0 Å². The number of hydrogen-bond donors (Lipinski definition) is 3. The largest absolute Gasteiger partial charge is 0.356 e. The molecule has 0 radical (unpaired) electrons. The van der Waals surface area contributed by atoms with Crippen LogP contribution in [-0.2, 0) is 17.8 Å². The minimum atomic E-state index is -0.562. The molecule has 2 heterocycles. The summed E-state index contributed by atoms with van der Waals surface area (Å²) >= 11 is 0. The molecule has 0 aliphatic heterocycles. The molecule has 1 amide bonds. The molecule has 2 aromatic heterocycles. The molecule has 0 aromatic carbocycles. The number of nitrogens with one attached hydrogen (secondary N) is 3. The highest BCUT2D eigenvalue weighted by atomic mass is 16.2. The van der Waals surface area contributed by atoms with Gasteiger partial charge in [0, 0.05) is 36.7 Å². The van der Waals surface area contributed by atoms with Crippen molar-refractivity contribution in [1.82, 2.24) is 19.9 Å². The Labute approximate surface area is 121 Å². The Balaban J connectivity index is 1.82. The number of carbonyl (C=O) groups excluding carboxylic acids is 1. The first-order valence-electron chi connectivity index (χ1n) is 6.76. The van der Waals surface area contributed by atoms with E-state index in [9.17, 15) is 14.4 Å². The minimum Gasteiger partial charge on any atom is -0.356 e. The molecular weight excluding hydrogens is 272 g/mol. The second-order valence-electron chi connectivity index (χ2n) is 4.81. The Morgan fingerprint density at radius 2 is 1.95 bits per heavy atom. The predicted molar refractivity (Wildman–Crippen MR) is 78.2 cm³/mol. The second-order valence-corrected chi connectivity index (χ2v) is 4.81. The van der Waals surface area contributed by atoms with Crippen molar-refractivity contribution in [3.63, 3.8) is 0 Å². The summed E-state index contributed by atoms with van der Waals surface area (Å²) in [5, 5.41) is 2.77. The van der Waals surface area contributed by atoms with Crippen LogP contribution in [0.25, 0.3) is 0 Å². The Morgan fingerprint density at radius 3 is 2.62 bits per heavy atom. The number of aromatic amines is 2. The van der Waals surface area contributed by atoms with Gasteiger partial charge in [0.1, 0.15) is 0 Å². The number of amides is 1. The Hall–Kier alpha value is -2.57. The van der Waals surface area contributed by atoms with Gasteiger partial charge in [-0.3, -0.25) is 14.6 Å². The first-order valence-corrected chi connectivity index (χ1v) is 6.76. The molecule has 0 fully saturated rings. The van der Waals surface area contributed by atoms with Crippen LogP contribution in [0.5, 0.6) is 0 Å². The van der Waals surface area contributed by atoms with Crippen LogP contribution in [0.2, 0.25) is 0 Å². The molecule has 0 bridgehead atoms. The van der Waals surface area contributed by atoms with E-state index in [2.05, 4.69) is 15.3 Å². The lowest BCUT2D eigenvalue weighted by Gasteiger charge is -2.07. The third-order valence-electron chi connectivity index (χ3n) is 3.17. The molecule has 112 valence electrons. The van der Waals surface area contributed by atoms with Crippen LogP contribution in [0.15, 0.2) is 34.1 Å². The number of rotatable bonds is 6. The summed E-state index contributed by atoms with van der Waals surface area (Å²) in [4.78, 5) is 39.1. The molecule has 7 heteroatoms. The van der Waals surface area contributed by atoms with Gasteiger partial charge in [0.15, 0.2) is 0 Å². The summed E-state index contributed by atoms with van der Waals surface area (Å²) in [5.41, 5.74) is -0.365. The molecule has 0 spiro atoms. The number of aryl methyl sites for hydroxylation is 2. The highest BCUT2D eigenvalue weighted by Gasteiger charge is 2.10. The zero-order chi connectivity index (χ0) is 15.2. The van der Waals surface area contributed by atoms with Crippen LogP contribution in [0, 0.1) is 6.92 Å². The monoisotopic (exact) mass is 290 g/mol. The van der Waals surface area contributed by atoms with Crippen LogP contribution in [0.1, 0.15) is 17.7 Å². The maximum Gasteiger partial charge on any atom is 0.325 e. The fraction of sp³-hybridized carbons (Fsp3) is 0.357. The van der Waals surface area contributed by atoms with Gasteiger partial charge in [0.05, 0.1) is 6.42 Å². The fourth-order valence-corrected chi connectivity index (χ4v) is 2.07. The highest BCUT2D eigenvalue weighted by molar-refractivity contribution is 5.78. The molecule has 0 aliphatic rings. The third kappa shape index (κ3) is 4.20. The van der Waals surface area contributed by atoms with Gasteiger partial charge in [-0.05, 0) is 25.5 Å². The van der Waals surface area contributed by atoms with E-state index in [1.165, 1.54) is 0 Å². The van der Waals surface area contributed by atoms with Crippen LogP contribution < -0.4 is 16.6 Å². The average Bonchev–Trinajstić information content (AvgIpc) is 2.92. The SMILES string of the molecule is Cc1[nH]c(=O)[nH]c(=O)c1CC(=O)NCCCn1cccc1. The smallest absolute Gasteiger partial charge is 0.325 e. The standard InChI is InChI=1S/C14H18N4O3/c1-10-11(13(20)17-14(21)16-10)9-12(19)15-5-4-8-18-6-2-3-7-18/h2-3,6-7H,4-5,8-9H2,1H3,(H,15,19)(H2,16,17,20,21). The summed E-state index contributed by atoms with van der Waals surface area (Å²) in [7, 11) is 0. The number of H-pyrrole nitrogens is 2. The molecule has 3 N–H and O–H groups in total. The molecule has 0 atom stereocenters. The topological polar surface area (TPSA) is 99.8 Å². The van der Waals surface area contributed by atoms with Gasteiger partial charge in [-0.2, -0.15) is 0 Å². The van der Waals surface area contributed by atoms with Gasteiger partial charge >= 0.3 is 5.69 Å². The summed E-state index contributed by atoms with van der Waals surface area (Å²) < 4.78 is 2.03. The predicted octanol–water partition coefficient (Wildman–Crippen LogP) is -0.0779. The van der Waals surface area contributed by atoms with Crippen LogP contribution in [0.3, 0.4) is 0 Å². The minimum absolute atomic E-state index is 0.0402. The normalized spacial score (nSPS) is 10.5. The van der Waals surface area contributed by atoms with Crippen molar-refractivity contribution >= 4 is 5.91 Å². The number of nitrogens with zero attached hydrogens (tertiary/aromatic N) is 1. The zero-order valence-electron chi connectivity index (χ0n) is 11.8. The highest BCUT2D eigenvalue weighted by Crippen LogP contribution is 1.97. The van der Waals surface area contributed by atoms with Gasteiger partial charge in [0.2, 0.25) is 5.91 Å². The molecule has 2 rings (SSSR count). The van der Waals surface area contributed by atoms with Gasteiger partial charge < -0.3 is 14.9 Å². The summed E-state index contributed by atoms with van der Waals surface area (Å²) in [6.45, 7) is 2.97. The number of hydrogen-bond acceptors (Lipinski definition) is 3. The molecule has 2 aromatic rings. The van der Waals surface area contributed by atoms with Crippen molar-refractivity contribution in [3.05, 3.63) is 56.6 Å². The molecule has 0 saturated heterocycles. The maximum absolute atomic E-state index is 11.8. The quantitative estimate of drug-likeness (QED) is 0.649. The molecule has 0 aliphatic carbocycles. The van der Waals surface area contributed by atoms with Gasteiger partial charge in [-0.25, -0.2) is 4.79 Å². The Bertz CT molecular complexity index is 713. The number of aromatic nitrogens is 3. The molecule has 7 nitrogen and oxygen atoms in total. The Kier molecular flexibility index (Phi) is 4.76. The zero-order valence-corrected chi connectivity index (χ0v) is 11.8. The van der Waals surface area contributed by atoms with E-state index in [4.69, 9.17) is 0 Å². The summed E-state index contributed by atoms with van der Waals surface area (Å²) in [6.07, 6.45) is 4.69. The van der Waals surface area contributed by atoms with Crippen molar-refractivity contribution in [2.75, 3.05) is 6.54 Å². The van der Waals surface area contributed by atoms with Crippen molar-refractivity contribution in [2.24, 2.45) is 0 Å². The molecular formula is C14H18N4O3. The summed E-state index contributed by atoms with van der Waals surface area (Å²) in [6, 6.07) is 3.90. The van der Waals surface area contributed by atoms with Crippen molar-refractivity contribution < 1.29 is 4.79 Å². The fourth-order valence-electron chi connectivity index (χ4n) is 2.07. The molecule has 0 saturated carbocycles. The van der Waals surface area contributed by atoms with E-state index in [0.717, 1.165) is 13.0 Å². The Morgan fingerprint density at radius 1 is 1.24 bits per heavy atom. The van der Waals surface area contributed by atoms with Crippen LogP contribution >= 0.6 is 0 Å². The summed E-state index contributed by atoms with van der Waals surface area (Å²) in [5.74, 6) is -0.233. The maximum atomic E-state index is 11.8. The molecule has 21 heavy (non-hydrogen) atoms. The lowest BCUT2D eigenvalue weighted by atomic mass is 10.1. The van der Waals surface area contributed by atoms with E-state index in [1.54, 1.807) is 6.92 Å². The van der Waals surface area contributed by atoms with Gasteiger partial charge in [0.25, 0.3) is 5.56 Å². The van der Waals surface area contributed by atoms with Gasteiger partial charge in [-0.1, -0.05) is 0 Å². The van der Waals surface area contributed by atoms with E-state index in [-0.39, 0.29) is 17.9 Å². The third-order valence-corrected chi connectivity index (χ3v) is 3.17. The average molecular weight is 290 g/mol. The van der Waals surface area contributed by atoms with Crippen molar-refractivity contribution in [3.8, 4) is 0 Å². The number of carbonyl (C=O) groups is 1. The van der Waals surface area contributed by atoms with Gasteiger partial charge in [-0.15, -0.1) is 0 Å². The van der Waals surface area contributed by atoms with E-state index < -0.39 is 11.2 Å². The van der Waals surface area contributed by atoms with Crippen LogP contribution in [0.4, 0.5) is 0 Å². The van der Waals surface area contributed by atoms with E-state index in [0.29, 0.717) is 12.2 Å². The molecule has 0 unspecified atom stereocenters.